The number of benzene rings is 1. The van der Waals surface area contributed by atoms with Crippen LogP contribution in [0, 0.1) is 0 Å². The molecule has 1 aromatic carbocycles. The van der Waals surface area contributed by atoms with E-state index in [2.05, 4.69) is 6.92 Å². The fraction of sp³-hybridized carbons (Fsp3) is 0.533. The summed E-state index contributed by atoms with van der Waals surface area (Å²) in [5, 5.41) is 0.688. The number of nitrogens with zero attached hydrogens (tertiary/aromatic N) is 1. The van der Waals surface area contributed by atoms with Crippen molar-refractivity contribution in [3.8, 4) is 0 Å². The summed E-state index contributed by atoms with van der Waals surface area (Å²) in [6, 6.07) is 7.55. The van der Waals surface area contributed by atoms with E-state index in [9.17, 15) is 4.79 Å². The first-order valence-electron chi connectivity index (χ1n) is 6.72. The second kappa shape index (κ2) is 7.51. The highest BCUT2D eigenvalue weighted by atomic mass is 35.5. The number of halogens is 1. The van der Waals surface area contributed by atoms with Crippen molar-refractivity contribution in [2.45, 2.75) is 45.2 Å². The van der Waals surface area contributed by atoms with Gasteiger partial charge in [0.25, 0.3) is 0 Å². The van der Waals surface area contributed by atoms with Crippen LogP contribution in [0.1, 0.15) is 44.7 Å². The topological polar surface area (TPSA) is 46.3 Å². The van der Waals surface area contributed by atoms with Crippen LogP contribution in [0.5, 0.6) is 0 Å². The molecule has 19 heavy (non-hydrogen) atoms. The fourth-order valence-corrected chi connectivity index (χ4v) is 2.25. The molecule has 0 radical (unpaired) electrons. The smallest absolute Gasteiger partial charge is 0.224 e. The molecule has 1 rings (SSSR count). The van der Waals surface area contributed by atoms with Gasteiger partial charge in [0.2, 0.25) is 5.91 Å². The van der Waals surface area contributed by atoms with E-state index < -0.39 is 0 Å². The molecule has 0 aliphatic carbocycles. The van der Waals surface area contributed by atoms with E-state index in [1.165, 1.54) is 0 Å². The third-order valence-electron chi connectivity index (χ3n) is 3.40. The van der Waals surface area contributed by atoms with Crippen molar-refractivity contribution in [2.75, 3.05) is 7.05 Å². The minimum atomic E-state index is -0.0495. The van der Waals surface area contributed by atoms with Crippen LogP contribution >= 0.6 is 11.6 Å². The monoisotopic (exact) mass is 282 g/mol. The van der Waals surface area contributed by atoms with Gasteiger partial charge in [-0.25, -0.2) is 0 Å². The van der Waals surface area contributed by atoms with Gasteiger partial charge in [0.05, 0.1) is 6.04 Å². The van der Waals surface area contributed by atoms with E-state index in [0.717, 1.165) is 18.4 Å². The molecule has 0 aliphatic rings. The Hall–Kier alpha value is -1.06. The predicted octanol–water partition coefficient (Wildman–Crippen LogP) is 3.38. The number of hydrogen-bond donors (Lipinski definition) is 1. The lowest BCUT2D eigenvalue weighted by molar-refractivity contribution is -0.132. The van der Waals surface area contributed by atoms with Gasteiger partial charge < -0.3 is 10.6 Å². The van der Waals surface area contributed by atoms with E-state index in [0.29, 0.717) is 11.4 Å². The molecular formula is C15H23ClN2O. The first-order chi connectivity index (χ1) is 8.95. The third kappa shape index (κ3) is 4.84. The number of nitrogens with two attached hydrogens (primary N) is 1. The van der Waals surface area contributed by atoms with Crippen LogP contribution in [0.2, 0.25) is 5.02 Å². The normalized spacial score (nSPS) is 13.9. The molecule has 106 valence electrons. The van der Waals surface area contributed by atoms with Gasteiger partial charge in [-0.3, -0.25) is 4.79 Å². The zero-order valence-electron chi connectivity index (χ0n) is 11.9. The second-order valence-electron chi connectivity index (χ2n) is 4.99. The van der Waals surface area contributed by atoms with Crippen molar-refractivity contribution in [1.29, 1.82) is 0 Å². The van der Waals surface area contributed by atoms with Gasteiger partial charge in [-0.15, -0.1) is 0 Å². The summed E-state index contributed by atoms with van der Waals surface area (Å²) in [7, 11) is 1.81. The van der Waals surface area contributed by atoms with Crippen LogP contribution in [-0.4, -0.2) is 23.9 Å². The van der Waals surface area contributed by atoms with Crippen LogP contribution in [-0.2, 0) is 4.79 Å². The molecule has 0 aliphatic heterocycles. The summed E-state index contributed by atoms with van der Waals surface area (Å²) in [6.45, 7) is 4.07. The molecule has 0 bridgehead atoms. The minimum absolute atomic E-state index is 0.0000246. The molecular weight excluding hydrogens is 260 g/mol. The largest absolute Gasteiger partial charge is 0.339 e. The zero-order valence-corrected chi connectivity index (χ0v) is 12.7. The summed E-state index contributed by atoms with van der Waals surface area (Å²) < 4.78 is 0. The van der Waals surface area contributed by atoms with Gasteiger partial charge in [-0.1, -0.05) is 37.1 Å². The summed E-state index contributed by atoms with van der Waals surface area (Å²) >= 11 is 5.98. The summed E-state index contributed by atoms with van der Waals surface area (Å²) in [6.07, 6.45) is 2.28. The number of amides is 1. The minimum Gasteiger partial charge on any atom is -0.339 e. The zero-order chi connectivity index (χ0) is 14.4. The highest BCUT2D eigenvalue weighted by Crippen LogP contribution is 2.22. The highest BCUT2D eigenvalue weighted by Gasteiger charge is 2.19. The van der Waals surface area contributed by atoms with E-state index in [-0.39, 0.29) is 18.0 Å². The van der Waals surface area contributed by atoms with Crippen molar-refractivity contribution < 1.29 is 4.79 Å². The Balaban J connectivity index is 2.66. The quantitative estimate of drug-likeness (QED) is 0.869. The number of rotatable bonds is 6. The molecule has 1 aromatic rings. The molecule has 0 heterocycles. The molecule has 0 saturated heterocycles. The molecule has 2 N–H and O–H groups in total. The Kier molecular flexibility index (Phi) is 6.32. The van der Waals surface area contributed by atoms with Crippen LogP contribution in [0.15, 0.2) is 24.3 Å². The summed E-state index contributed by atoms with van der Waals surface area (Å²) in [5.74, 6) is 0.0772. The Morgan fingerprint density at radius 3 is 2.74 bits per heavy atom. The van der Waals surface area contributed by atoms with E-state index in [4.69, 9.17) is 17.3 Å². The molecule has 0 spiro atoms. The number of carbonyl (C=O) groups is 1. The summed E-state index contributed by atoms with van der Waals surface area (Å²) in [4.78, 5) is 13.9. The highest BCUT2D eigenvalue weighted by molar-refractivity contribution is 6.30. The van der Waals surface area contributed by atoms with Crippen LogP contribution in [0.25, 0.3) is 0 Å². The van der Waals surface area contributed by atoms with E-state index in [1.54, 1.807) is 4.90 Å². The molecule has 0 fully saturated rings. The fourth-order valence-electron chi connectivity index (χ4n) is 2.05. The molecule has 0 aromatic heterocycles. The van der Waals surface area contributed by atoms with Gasteiger partial charge in [-0.2, -0.15) is 0 Å². The van der Waals surface area contributed by atoms with Gasteiger partial charge in [-0.05, 0) is 31.0 Å². The molecule has 2 atom stereocenters. The van der Waals surface area contributed by atoms with E-state index >= 15 is 0 Å². The molecule has 0 saturated carbocycles. The Labute approximate surface area is 120 Å². The lowest BCUT2D eigenvalue weighted by Crippen LogP contribution is -2.34. The molecule has 4 heteroatoms. The lowest BCUT2D eigenvalue weighted by atomic mass is 10.1. The van der Waals surface area contributed by atoms with Gasteiger partial charge in [0.15, 0.2) is 0 Å². The predicted molar refractivity (Wildman–Crippen MR) is 80.1 cm³/mol. The van der Waals surface area contributed by atoms with Crippen molar-refractivity contribution in [3.05, 3.63) is 34.9 Å². The van der Waals surface area contributed by atoms with Crippen molar-refractivity contribution in [1.82, 2.24) is 4.90 Å². The van der Waals surface area contributed by atoms with Gasteiger partial charge in [0, 0.05) is 24.5 Å². The number of carbonyl (C=O) groups excluding carboxylic acids is 1. The Bertz CT molecular complexity index is 422. The second-order valence-corrected chi connectivity index (χ2v) is 5.42. The standard InChI is InChI=1S/C15H23ClN2O/c1-4-6-14(17)10-15(19)18(3)11(2)12-7-5-8-13(16)9-12/h5,7-9,11,14H,4,6,10,17H2,1-3H3. The van der Waals surface area contributed by atoms with Crippen LogP contribution < -0.4 is 5.73 Å². The lowest BCUT2D eigenvalue weighted by Gasteiger charge is -2.26. The average molecular weight is 283 g/mol. The SMILES string of the molecule is CCCC(N)CC(=O)N(C)C(C)c1cccc(Cl)c1. The molecule has 1 amide bonds. The maximum Gasteiger partial charge on any atom is 0.224 e. The van der Waals surface area contributed by atoms with Crippen LogP contribution in [0.3, 0.4) is 0 Å². The van der Waals surface area contributed by atoms with Crippen molar-refractivity contribution in [2.24, 2.45) is 5.73 Å². The van der Waals surface area contributed by atoms with Gasteiger partial charge >= 0.3 is 0 Å². The van der Waals surface area contributed by atoms with Crippen LogP contribution in [0.4, 0.5) is 0 Å². The van der Waals surface area contributed by atoms with E-state index in [1.807, 2.05) is 38.2 Å². The van der Waals surface area contributed by atoms with Crippen molar-refractivity contribution >= 4 is 17.5 Å². The maximum absolute atomic E-state index is 12.1. The summed E-state index contributed by atoms with van der Waals surface area (Å²) in [5.41, 5.74) is 6.95. The number of hydrogen-bond acceptors (Lipinski definition) is 2. The van der Waals surface area contributed by atoms with Crippen molar-refractivity contribution in [3.63, 3.8) is 0 Å². The molecule has 2 unspecified atom stereocenters. The maximum atomic E-state index is 12.1. The first kappa shape index (κ1) is 16.0. The molecule has 3 nitrogen and oxygen atoms in total. The first-order valence-corrected chi connectivity index (χ1v) is 7.10. The average Bonchev–Trinajstić information content (AvgIpc) is 2.37. The Morgan fingerprint density at radius 1 is 1.47 bits per heavy atom. The third-order valence-corrected chi connectivity index (χ3v) is 3.64. The Morgan fingerprint density at radius 2 is 2.16 bits per heavy atom. The van der Waals surface area contributed by atoms with Gasteiger partial charge in [0.1, 0.15) is 0 Å².